The summed E-state index contributed by atoms with van der Waals surface area (Å²) in [5.74, 6) is 0. The Balaban J connectivity index is 1.86. The number of ether oxygens (including phenoxy) is 1. The van der Waals surface area contributed by atoms with Gasteiger partial charge in [0.2, 0.25) is 0 Å². The molecule has 0 saturated carbocycles. The van der Waals surface area contributed by atoms with E-state index in [0.29, 0.717) is 13.1 Å². The summed E-state index contributed by atoms with van der Waals surface area (Å²) >= 11 is 0. The van der Waals surface area contributed by atoms with Gasteiger partial charge in [0.25, 0.3) is 6.47 Å². The van der Waals surface area contributed by atoms with Crippen molar-refractivity contribution in [1.82, 2.24) is 0 Å². The topological polar surface area (TPSA) is 39.4 Å². The lowest BCUT2D eigenvalue weighted by Crippen LogP contribution is -1.93. The van der Waals surface area contributed by atoms with Gasteiger partial charge in [0.05, 0.1) is 12.9 Å². The van der Waals surface area contributed by atoms with Crippen molar-refractivity contribution in [3.05, 3.63) is 36.1 Å². The molecule has 0 aliphatic heterocycles. The van der Waals surface area contributed by atoms with Gasteiger partial charge >= 0.3 is 0 Å². The Kier molecular flexibility index (Phi) is 3.59. The van der Waals surface area contributed by atoms with Crippen LogP contribution in [0.15, 0.2) is 34.9 Å². The molecule has 0 aliphatic rings. The molecule has 0 aliphatic carbocycles. The van der Waals surface area contributed by atoms with Gasteiger partial charge in [0, 0.05) is 5.39 Å². The first kappa shape index (κ1) is 10.7. The molecule has 0 radical (unpaired) electrons. The quantitative estimate of drug-likeness (QED) is 0.552. The molecule has 0 N–H and O–H groups in total. The molecule has 1 heterocycles. The lowest BCUT2D eigenvalue weighted by Gasteiger charge is -2.01. The molecule has 2 aromatic rings. The van der Waals surface area contributed by atoms with Gasteiger partial charge in [-0.2, -0.15) is 0 Å². The number of aryl methyl sites for hydroxylation is 1. The summed E-state index contributed by atoms with van der Waals surface area (Å²) in [4.78, 5) is 9.92. The van der Waals surface area contributed by atoms with E-state index in [9.17, 15) is 4.79 Å². The van der Waals surface area contributed by atoms with Crippen molar-refractivity contribution in [2.75, 3.05) is 6.61 Å². The van der Waals surface area contributed by atoms with Crippen LogP contribution in [0.3, 0.4) is 0 Å². The summed E-state index contributed by atoms with van der Waals surface area (Å²) in [5, 5.41) is 1.13. The maximum absolute atomic E-state index is 9.92. The SMILES string of the molecule is O=COCCCCc1ccc2ccoc2c1. The molecule has 3 heteroatoms. The van der Waals surface area contributed by atoms with Crippen molar-refractivity contribution in [2.24, 2.45) is 0 Å². The molecule has 0 spiro atoms. The van der Waals surface area contributed by atoms with E-state index in [1.807, 2.05) is 6.07 Å². The average Bonchev–Trinajstić information content (AvgIpc) is 2.76. The molecule has 16 heavy (non-hydrogen) atoms. The van der Waals surface area contributed by atoms with Crippen LogP contribution < -0.4 is 0 Å². The van der Waals surface area contributed by atoms with Crippen LogP contribution in [-0.4, -0.2) is 13.1 Å². The molecule has 0 saturated heterocycles. The lowest BCUT2D eigenvalue weighted by atomic mass is 10.1. The molecule has 84 valence electrons. The highest BCUT2D eigenvalue weighted by Gasteiger charge is 1.99. The number of unbranched alkanes of at least 4 members (excludes halogenated alkanes) is 1. The Labute approximate surface area is 94.0 Å². The predicted octanol–water partition coefficient (Wildman–Crippen LogP) is 2.93. The highest BCUT2D eigenvalue weighted by atomic mass is 16.5. The van der Waals surface area contributed by atoms with E-state index in [2.05, 4.69) is 22.9 Å². The fraction of sp³-hybridized carbons (Fsp3) is 0.308. The molecule has 1 aromatic carbocycles. The third kappa shape index (κ3) is 2.63. The first-order valence-corrected chi connectivity index (χ1v) is 5.41. The molecule has 0 unspecified atom stereocenters. The summed E-state index contributed by atoms with van der Waals surface area (Å²) in [5.41, 5.74) is 2.19. The second-order valence-electron chi connectivity index (χ2n) is 3.72. The summed E-state index contributed by atoms with van der Waals surface area (Å²) in [6.07, 6.45) is 4.60. The largest absolute Gasteiger partial charge is 0.468 e. The molecule has 3 nitrogen and oxygen atoms in total. The fourth-order valence-corrected chi connectivity index (χ4v) is 1.72. The molecule has 0 bridgehead atoms. The smallest absolute Gasteiger partial charge is 0.293 e. The average molecular weight is 218 g/mol. The van der Waals surface area contributed by atoms with Gasteiger partial charge in [-0.15, -0.1) is 0 Å². The van der Waals surface area contributed by atoms with Crippen LogP contribution in [0.2, 0.25) is 0 Å². The van der Waals surface area contributed by atoms with Crippen LogP contribution in [0.1, 0.15) is 18.4 Å². The van der Waals surface area contributed by atoms with Crippen molar-refractivity contribution in [2.45, 2.75) is 19.3 Å². The predicted molar refractivity (Wildman–Crippen MR) is 61.2 cm³/mol. The zero-order chi connectivity index (χ0) is 11.2. The normalized spacial score (nSPS) is 10.5. The minimum absolute atomic E-state index is 0.495. The van der Waals surface area contributed by atoms with E-state index in [-0.39, 0.29) is 0 Å². The number of carbonyl (C=O) groups excluding carboxylic acids is 1. The molecule has 0 amide bonds. The summed E-state index contributed by atoms with van der Waals surface area (Å²) in [6.45, 7) is 1.00. The molecule has 0 atom stereocenters. The number of rotatable bonds is 6. The van der Waals surface area contributed by atoms with Crippen molar-refractivity contribution >= 4 is 17.4 Å². The fourth-order valence-electron chi connectivity index (χ4n) is 1.72. The van der Waals surface area contributed by atoms with Crippen LogP contribution in [0.25, 0.3) is 11.0 Å². The first-order valence-electron chi connectivity index (χ1n) is 5.41. The molecule has 1 aromatic heterocycles. The zero-order valence-electron chi connectivity index (χ0n) is 9.02. The first-order chi connectivity index (χ1) is 7.90. The third-order valence-corrected chi connectivity index (χ3v) is 2.57. The number of hydrogen-bond acceptors (Lipinski definition) is 3. The number of hydrogen-bond donors (Lipinski definition) is 0. The molecular weight excluding hydrogens is 204 g/mol. The highest BCUT2D eigenvalue weighted by Crippen LogP contribution is 2.18. The van der Waals surface area contributed by atoms with Crippen molar-refractivity contribution in [1.29, 1.82) is 0 Å². The molecule has 2 rings (SSSR count). The van der Waals surface area contributed by atoms with Gasteiger partial charge in [-0.25, -0.2) is 0 Å². The minimum Gasteiger partial charge on any atom is -0.468 e. The Hall–Kier alpha value is -1.77. The van der Waals surface area contributed by atoms with Crippen molar-refractivity contribution in [3.8, 4) is 0 Å². The van der Waals surface area contributed by atoms with E-state index in [0.717, 1.165) is 30.2 Å². The van der Waals surface area contributed by atoms with E-state index in [1.165, 1.54) is 5.56 Å². The van der Waals surface area contributed by atoms with Crippen molar-refractivity contribution in [3.63, 3.8) is 0 Å². The van der Waals surface area contributed by atoms with Crippen LogP contribution in [-0.2, 0) is 16.0 Å². The third-order valence-electron chi connectivity index (χ3n) is 2.57. The van der Waals surface area contributed by atoms with Crippen LogP contribution in [0.4, 0.5) is 0 Å². The van der Waals surface area contributed by atoms with Gasteiger partial charge in [0.15, 0.2) is 0 Å². The number of furan rings is 1. The number of benzene rings is 1. The second-order valence-corrected chi connectivity index (χ2v) is 3.72. The lowest BCUT2D eigenvalue weighted by molar-refractivity contribution is -0.128. The van der Waals surface area contributed by atoms with Crippen LogP contribution >= 0.6 is 0 Å². The van der Waals surface area contributed by atoms with E-state index < -0.39 is 0 Å². The molecule has 0 fully saturated rings. The monoisotopic (exact) mass is 218 g/mol. The Morgan fingerprint density at radius 2 is 2.19 bits per heavy atom. The Morgan fingerprint density at radius 3 is 3.06 bits per heavy atom. The van der Waals surface area contributed by atoms with E-state index in [4.69, 9.17) is 4.42 Å². The Morgan fingerprint density at radius 1 is 1.25 bits per heavy atom. The van der Waals surface area contributed by atoms with Gasteiger partial charge in [-0.1, -0.05) is 12.1 Å². The summed E-state index contributed by atoms with van der Waals surface area (Å²) in [7, 11) is 0. The van der Waals surface area contributed by atoms with Gasteiger partial charge < -0.3 is 9.15 Å². The maximum atomic E-state index is 9.92. The maximum Gasteiger partial charge on any atom is 0.293 e. The van der Waals surface area contributed by atoms with Gasteiger partial charge in [0.1, 0.15) is 5.58 Å². The van der Waals surface area contributed by atoms with Gasteiger partial charge in [-0.3, -0.25) is 4.79 Å². The number of fused-ring (bicyclic) bond motifs is 1. The van der Waals surface area contributed by atoms with Gasteiger partial charge in [-0.05, 0) is 37.0 Å². The minimum atomic E-state index is 0.495. The van der Waals surface area contributed by atoms with Crippen molar-refractivity contribution < 1.29 is 13.9 Å². The van der Waals surface area contributed by atoms with E-state index in [1.54, 1.807) is 6.26 Å². The zero-order valence-corrected chi connectivity index (χ0v) is 9.02. The molecular formula is C13H14O3. The Bertz CT molecular complexity index is 459. The van der Waals surface area contributed by atoms with E-state index >= 15 is 0 Å². The summed E-state index contributed by atoms with van der Waals surface area (Å²) < 4.78 is 9.96. The standard InChI is InChI=1S/C13H14O3/c14-10-15-7-2-1-3-11-4-5-12-6-8-16-13(12)9-11/h4-6,8-10H,1-3,7H2. The van der Waals surface area contributed by atoms with Crippen LogP contribution in [0.5, 0.6) is 0 Å². The van der Waals surface area contributed by atoms with Crippen LogP contribution in [0, 0.1) is 0 Å². The summed E-state index contributed by atoms with van der Waals surface area (Å²) in [6, 6.07) is 8.20. The second kappa shape index (κ2) is 5.35. The number of carbonyl (C=O) groups is 1. The highest BCUT2D eigenvalue weighted by molar-refractivity contribution is 5.77.